The molecule has 1 rings (SSSR count). The lowest BCUT2D eigenvalue weighted by Crippen LogP contribution is -2.52. The number of aliphatic carboxylic acids is 1. The predicted octanol–water partition coefficient (Wildman–Crippen LogP) is -0.159. The Morgan fingerprint density at radius 2 is 1.96 bits per heavy atom. The fourth-order valence-corrected chi connectivity index (χ4v) is 2.92. The molecule has 0 saturated carbocycles. The number of hydrogen-bond acceptors (Lipinski definition) is 8. The summed E-state index contributed by atoms with van der Waals surface area (Å²) in [5.41, 5.74) is -1.26. The number of rotatable bonds is 9. The molecule has 0 aliphatic rings. The number of methoxy groups -OCH3 is 2. The van der Waals surface area contributed by atoms with Crippen LogP contribution >= 0.6 is 0 Å². The Kier molecular flexibility index (Phi) is 6.54. The molecule has 0 saturated heterocycles. The SMILES string of the molecule is CCOC(C)(C)C(Oc1nc(OC)cc(OC)[n+]1S(C)(=O)=O)C(=O)O. The molecule has 10 nitrogen and oxygen atoms in total. The van der Waals surface area contributed by atoms with Crippen LogP contribution in [0.25, 0.3) is 0 Å². The first kappa shape index (κ1) is 20.9. The molecule has 0 spiro atoms. The summed E-state index contributed by atoms with van der Waals surface area (Å²) in [4.78, 5) is 15.5. The minimum atomic E-state index is -3.92. The first-order chi connectivity index (χ1) is 11.5. The fourth-order valence-electron chi connectivity index (χ4n) is 2.10. The van der Waals surface area contributed by atoms with Crippen LogP contribution in [0.3, 0.4) is 0 Å². The van der Waals surface area contributed by atoms with Crippen LogP contribution in [0.15, 0.2) is 6.07 Å². The molecule has 0 fully saturated rings. The molecule has 0 amide bonds. The van der Waals surface area contributed by atoms with Gasteiger partial charge in [-0.1, -0.05) is 0 Å². The standard InChI is InChI=1S/C14H22N2O8S/c1-7-23-14(2,3)11(12(17)18)24-13-15-9(21-4)8-10(22-5)16(13)25(6,19)20/h8,11H,7H2,1-6H3/p+1. The molecule has 1 heterocycles. The molecule has 1 unspecified atom stereocenters. The van der Waals surface area contributed by atoms with Gasteiger partial charge in [0.2, 0.25) is 6.10 Å². The summed E-state index contributed by atoms with van der Waals surface area (Å²) >= 11 is 0. The first-order valence-corrected chi connectivity index (χ1v) is 9.11. The summed E-state index contributed by atoms with van der Waals surface area (Å²) in [6, 6.07) is 0.719. The summed E-state index contributed by atoms with van der Waals surface area (Å²) in [6.45, 7) is 4.96. The normalized spacial score (nSPS) is 13.2. The van der Waals surface area contributed by atoms with Crippen molar-refractivity contribution in [1.29, 1.82) is 0 Å². The van der Waals surface area contributed by atoms with E-state index in [0.29, 0.717) is 3.97 Å². The van der Waals surface area contributed by atoms with E-state index in [1.165, 1.54) is 34.1 Å². The maximum atomic E-state index is 12.1. The zero-order valence-electron chi connectivity index (χ0n) is 15.0. The van der Waals surface area contributed by atoms with Gasteiger partial charge in [0, 0.05) is 11.6 Å². The third-order valence-electron chi connectivity index (χ3n) is 3.17. The molecule has 142 valence electrons. The van der Waals surface area contributed by atoms with E-state index in [1.807, 2.05) is 0 Å². The average molecular weight is 379 g/mol. The summed E-state index contributed by atoms with van der Waals surface area (Å²) in [7, 11) is -1.35. The zero-order chi connectivity index (χ0) is 19.4. The van der Waals surface area contributed by atoms with E-state index in [9.17, 15) is 18.3 Å². The molecule has 1 atom stereocenters. The molecular formula is C14H23N2O8S+. The van der Waals surface area contributed by atoms with Gasteiger partial charge in [-0.25, -0.2) is 4.79 Å². The van der Waals surface area contributed by atoms with Crippen molar-refractivity contribution in [3.63, 3.8) is 0 Å². The highest BCUT2D eigenvalue weighted by atomic mass is 32.2. The summed E-state index contributed by atoms with van der Waals surface area (Å²) in [5, 5.41) is 9.49. The van der Waals surface area contributed by atoms with Crippen molar-refractivity contribution in [3.8, 4) is 17.8 Å². The number of ether oxygens (including phenoxy) is 4. The number of hydrogen-bond donors (Lipinski definition) is 1. The van der Waals surface area contributed by atoms with Crippen molar-refractivity contribution in [1.82, 2.24) is 4.98 Å². The largest absolute Gasteiger partial charge is 0.522 e. The molecule has 1 N–H and O–H groups in total. The van der Waals surface area contributed by atoms with Gasteiger partial charge in [-0.05, 0) is 24.7 Å². The van der Waals surface area contributed by atoms with Crippen LogP contribution in [-0.4, -0.2) is 63.3 Å². The Morgan fingerprint density at radius 1 is 1.36 bits per heavy atom. The van der Waals surface area contributed by atoms with Gasteiger partial charge >= 0.3 is 33.8 Å². The lowest BCUT2D eigenvalue weighted by molar-refractivity contribution is -0.535. The van der Waals surface area contributed by atoms with Crippen LogP contribution in [0.1, 0.15) is 20.8 Å². The Balaban J connectivity index is 3.55. The highest BCUT2D eigenvalue weighted by Gasteiger charge is 2.43. The van der Waals surface area contributed by atoms with Crippen LogP contribution in [0, 0.1) is 0 Å². The van der Waals surface area contributed by atoms with E-state index in [-0.39, 0.29) is 18.4 Å². The third kappa shape index (κ3) is 4.92. The minimum Gasteiger partial charge on any atom is -0.478 e. The molecule has 25 heavy (non-hydrogen) atoms. The highest BCUT2D eigenvalue weighted by Crippen LogP contribution is 2.23. The molecule has 0 aliphatic carbocycles. The quantitative estimate of drug-likeness (QED) is 0.583. The smallest absolute Gasteiger partial charge is 0.478 e. The van der Waals surface area contributed by atoms with Crippen LogP contribution in [-0.2, 0) is 19.6 Å². The molecule has 1 aromatic heterocycles. The van der Waals surface area contributed by atoms with E-state index < -0.39 is 33.7 Å². The van der Waals surface area contributed by atoms with Crippen LogP contribution in [0.5, 0.6) is 17.8 Å². The molecule has 1 aromatic rings. The third-order valence-corrected chi connectivity index (χ3v) is 4.17. The van der Waals surface area contributed by atoms with Gasteiger partial charge < -0.3 is 24.1 Å². The number of nitrogens with zero attached hydrogens (tertiary/aromatic N) is 2. The molecular weight excluding hydrogens is 356 g/mol. The van der Waals surface area contributed by atoms with Crippen LogP contribution in [0.4, 0.5) is 0 Å². The molecule has 0 radical (unpaired) electrons. The van der Waals surface area contributed by atoms with E-state index in [0.717, 1.165) is 6.26 Å². The highest BCUT2D eigenvalue weighted by molar-refractivity contribution is 7.84. The maximum Gasteiger partial charge on any atom is 0.522 e. The lowest BCUT2D eigenvalue weighted by atomic mass is 10.0. The molecule has 0 aliphatic heterocycles. The van der Waals surface area contributed by atoms with Crippen LogP contribution < -0.4 is 18.2 Å². The minimum absolute atomic E-state index is 0.00916. The van der Waals surface area contributed by atoms with Gasteiger partial charge in [-0.2, -0.15) is 8.42 Å². The maximum absolute atomic E-state index is 12.1. The van der Waals surface area contributed by atoms with Gasteiger partial charge in [0.05, 0.1) is 20.5 Å². The van der Waals surface area contributed by atoms with E-state index in [1.54, 1.807) is 6.92 Å². The number of carbonyl (C=O) groups is 1. The second-order valence-corrected chi connectivity index (χ2v) is 7.35. The Morgan fingerprint density at radius 3 is 2.36 bits per heavy atom. The van der Waals surface area contributed by atoms with Gasteiger partial charge in [-0.15, -0.1) is 0 Å². The Bertz CT molecular complexity index is 733. The van der Waals surface area contributed by atoms with Crippen molar-refractivity contribution in [2.24, 2.45) is 0 Å². The topological polar surface area (TPSA) is 125 Å². The number of carboxylic acids is 1. The molecule has 11 heteroatoms. The van der Waals surface area contributed by atoms with Gasteiger partial charge in [0.25, 0.3) is 0 Å². The van der Waals surface area contributed by atoms with Gasteiger partial charge in [0.15, 0.2) is 0 Å². The molecule has 0 aromatic carbocycles. The second-order valence-electron chi connectivity index (χ2n) is 5.52. The summed E-state index contributed by atoms with van der Waals surface area (Å²) in [6.07, 6.45) is -0.634. The Labute approximate surface area is 146 Å². The second kappa shape index (κ2) is 7.83. The van der Waals surface area contributed by atoms with E-state index >= 15 is 0 Å². The van der Waals surface area contributed by atoms with E-state index in [4.69, 9.17) is 18.9 Å². The monoisotopic (exact) mass is 379 g/mol. The first-order valence-electron chi connectivity index (χ1n) is 7.27. The predicted molar refractivity (Wildman–Crippen MR) is 85.5 cm³/mol. The summed E-state index contributed by atoms with van der Waals surface area (Å²) in [5.74, 6) is -1.50. The van der Waals surface area contributed by atoms with E-state index in [2.05, 4.69) is 4.98 Å². The van der Waals surface area contributed by atoms with Crippen molar-refractivity contribution >= 4 is 16.0 Å². The number of carboxylic acid groups (broad SMARTS) is 1. The van der Waals surface area contributed by atoms with Crippen molar-refractivity contribution in [2.75, 3.05) is 27.1 Å². The fraction of sp³-hybridized carbons (Fsp3) is 0.643. The summed E-state index contributed by atoms with van der Waals surface area (Å²) < 4.78 is 45.7. The van der Waals surface area contributed by atoms with Crippen molar-refractivity contribution in [3.05, 3.63) is 6.07 Å². The van der Waals surface area contributed by atoms with Gasteiger partial charge in [-0.3, -0.25) is 0 Å². The van der Waals surface area contributed by atoms with Crippen molar-refractivity contribution in [2.45, 2.75) is 32.5 Å². The number of aromatic nitrogens is 2. The lowest BCUT2D eigenvalue weighted by Gasteiger charge is -2.29. The molecule has 0 bridgehead atoms. The zero-order valence-corrected chi connectivity index (χ0v) is 15.8. The Hall–Kier alpha value is -2.14. The van der Waals surface area contributed by atoms with Crippen LogP contribution in [0.2, 0.25) is 0 Å². The van der Waals surface area contributed by atoms with Crippen molar-refractivity contribution < 1.29 is 41.2 Å². The average Bonchev–Trinajstić information content (AvgIpc) is 2.49. The van der Waals surface area contributed by atoms with Gasteiger partial charge in [0.1, 0.15) is 11.7 Å².